The highest BCUT2D eigenvalue weighted by Gasteiger charge is 2.19. The predicted octanol–water partition coefficient (Wildman–Crippen LogP) is 3.11. The van der Waals surface area contributed by atoms with E-state index in [9.17, 15) is 0 Å². The summed E-state index contributed by atoms with van der Waals surface area (Å²) in [5.74, 6) is 0.800. The third-order valence-corrected chi connectivity index (χ3v) is 3.47. The Labute approximate surface area is 71.5 Å². The Hall–Kier alpha value is -0.370. The minimum absolute atomic E-state index is 0.800. The zero-order valence-electron chi connectivity index (χ0n) is 6.84. The van der Waals surface area contributed by atoms with Gasteiger partial charge in [-0.25, -0.2) is 4.98 Å². The van der Waals surface area contributed by atoms with Gasteiger partial charge in [0.2, 0.25) is 0 Å². The van der Waals surface area contributed by atoms with Gasteiger partial charge in [-0.1, -0.05) is 12.8 Å². The Kier molecular flexibility index (Phi) is 1.95. The molecule has 0 N–H and O–H groups in total. The SMILES string of the molecule is Cc1csc(C2CCCC2)n1. The molecule has 1 aromatic rings. The van der Waals surface area contributed by atoms with E-state index in [1.165, 1.54) is 36.4 Å². The van der Waals surface area contributed by atoms with Crippen LogP contribution in [0.3, 0.4) is 0 Å². The summed E-state index contributed by atoms with van der Waals surface area (Å²) in [4.78, 5) is 4.51. The van der Waals surface area contributed by atoms with E-state index in [0.29, 0.717) is 0 Å². The first-order chi connectivity index (χ1) is 5.36. The molecule has 0 unspecified atom stereocenters. The molecule has 0 radical (unpaired) electrons. The van der Waals surface area contributed by atoms with E-state index in [0.717, 1.165) is 5.92 Å². The second-order valence-corrected chi connectivity index (χ2v) is 4.20. The van der Waals surface area contributed by atoms with Gasteiger partial charge in [-0.15, -0.1) is 11.3 Å². The molecule has 2 rings (SSSR count). The quantitative estimate of drug-likeness (QED) is 0.626. The van der Waals surface area contributed by atoms with E-state index < -0.39 is 0 Å². The number of nitrogens with zero attached hydrogens (tertiary/aromatic N) is 1. The van der Waals surface area contributed by atoms with Crippen molar-refractivity contribution in [3.8, 4) is 0 Å². The average molecular weight is 167 g/mol. The van der Waals surface area contributed by atoms with Crippen LogP contribution in [-0.2, 0) is 0 Å². The lowest BCUT2D eigenvalue weighted by Crippen LogP contribution is -1.90. The number of hydrogen-bond acceptors (Lipinski definition) is 2. The molecule has 1 nitrogen and oxygen atoms in total. The maximum atomic E-state index is 4.51. The summed E-state index contributed by atoms with van der Waals surface area (Å²) in [5.41, 5.74) is 1.19. The van der Waals surface area contributed by atoms with Crippen molar-refractivity contribution in [3.05, 3.63) is 16.1 Å². The number of hydrogen-bond donors (Lipinski definition) is 0. The second kappa shape index (κ2) is 2.94. The van der Waals surface area contributed by atoms with Crippen LogP contribution in [0.5, 0.6) is 0 Å². The summed E-state index contributed by atoms with van der Waals surface area (Å²) < 4.78 is 0. The van der Waals surface area contributed by atoms with Crippen molar-refractivity contribution in [2.24, 2.45) is 0 Å². The van der Waals surface area contributed by atoms with E-state index in [2.05, 4.69) is 17.3 Å². The largest absolute Gasteiger partial charge is 0.246 e. The zero-order chi connectivity index (χ0) is 7.68. The lowest BCUT2D eigenvalue weighted by molar-refractivity contribution is 0.714. The summed E-state index contributed by atoms with van der Waals surface area (Å²) in [7, 11) is 0. The number of thiazole rings is 1. The van der Waals surface area contributed by atoms with Gasteiger partial charge < -0.3 is 0 Å². The lowest BCUT2D eigenvalue weighted by atomic mass is 10.1. The highest BCUT2D eigenvalue weighted by atomic mass is 32.1. The van der Waals surface area contributed by atoms with Crippen molar-refractivity contribution in [3.63, 3.8) is 0 Å². The Morgan fingerprint density at radius 2 is 2.18 bits per heavy atom. The van der Waals surface area contributed by atoms with Gasteiger partial charge in [-0.2, -0.15) is 0 Å². The van der Waals surface area contributed by atoms with Crippen LogP contribution in [0.4, 0.5) is 0 Å². The molecule has 0 aliphatic heterocycles. The molecule has 0 saturated heterocycles. The molecule has 1 aliphatic rings. The van der Waals surface area contributed by atoms with Crippen molar-refractivity contribution < 1.29 is 0 Å². The van der Waals surface area contributed by atoms with Gasteiger partial charge in [0, 0.05) is 17.0 Å². The molecule has 1 aliphatic carbocycles. The van der Waals surface area contributed by atoms with Crippen LogP contribution in [0.25, 0.3) is 0 Å². The van der Waals surface area contributed by atoms with E-state index in [4.69, 9.17) is 0 Å². The van der Waals surface area contributed by atoms with Crippen LogP contribution >= 0.6 is 11.3 Å². The lowest BCUT2D eigenvalue weighted by Gasteiger charge is -2.01. The molecule has 1 saturated carbocycles. The summed E-state index contributed by atoms with van der Waals surface area (Å²) >= 11 is 1.84. The van der Waals surface area contributed by atoms with Crippen molar-refractivity contribution in [2.75, 3.05) is 0 Å². The second-order valence-electron chi connectivity index (χ2n) is 3.31. The molecular weight excluding hydrogens is 154 g/mol. The van der Waals surface area contributed by atoms with E-state index >= 15 is 0 Å². The molecule has 1 fully saturated rings. The molecule has 0 atom stereocenters. The van der Waals surface area contributed by atoms with Crippen LogP contribution in [0.15, 0.2) is 5.38 Å². The third-order valence-electron chi connectivity index (χ3n) is 2.34. The maximum Gasteiger partial charge on any atom is 0.0959 e. The van der Waals surface area contributed by atoms with Gasteiger partial charge in [0.15, 0.2) is 0 Å². The molecule has 0 amide bonds. The topological polar surface area (TPSA) is 12.9 Å². The fourth-order valence-electron chi connectivity index (χ4n) is 1.73. The Morgan fingerprint density at radius 1 is 1.45 bits per heavy atom. The van der Waals surface area contributed by atoms with E-state index in [1.807, 2.05) is 11.3 Å². The summed E-state index contributed by atoms with van der Waals surface area (Å²) in [6.07, 6.45) is 5.55. The Bertz CT molecular complexity index is 235. The van der Waals surface area contributed by atoms with Crippen molar-refractivity contribution >= 4 is 11.3 Å². The summed E-state index contributed by atoms with van der Waals surface area (Å²) in [5, 5.41) is 3.54. The third kappa shape index (κ3) is 1.45. The first kappa shape index (κ1) is 7.29. The molecule has 1 aromatic heterocycles. The molecule has 0 spiro atoms. The smallest absolute Gasteiger partial charge is 0.0959 e. The fraction of sp³-hybridized carbons (Fsp3) is 0.667. The van der Waals surface area contributed by atoms with Gasteiger partial charge in [-0.05, 0) is 19.8 Å². The van der Waals surface area contributed by atoms with E-state index in [1.54, 1.807) is 0 Å². The number of rotatable bonds is 1. The van der Waals surface area contributed by atoms with Gasteiger partial charge in [0.1, 0.15) is 0 Å². The highest BCUT2D eigenvalue weighted by Crippen LogP contribution is 2.35. The number of aromatic nitrogens is 1. The van der Waals surface area contributed by atoms with Crippen LogP contribution in [-0.4, -0.2) is 4.98 Å². The van der Waals surface area contributed by atoms with E-state index in [-0.39, 0.29) is 0 Å². The van der Waals surface area contributed by atoms with Crippen LogP contribution in [0.2, 0.25) is 0 Å². The standard InChI is InChI=1S/C9H13NS/c1-7-6-11-9(10-7)8-4-2-3-5-8/h6,8H,2-5H2,1H3. The van der Waals surface area contributed by atoms with Gasteiger partial charge in [-0.3, -0.25) is 0 Å². The minimum Gasteiger partial charge on any atom is -0.246 e. The van der Waals surface area contributed by atoms with Crippen LogP contribution in [0.1, 0.15) is 42.3 Å². The summed E-state index contributed by atoms with van der Waals surface area (Å²) in [6.45, 7) is 2.08. The van der Waals surface area contributed by atoms with Crippen molar-refractivity contribution in [2.45, 2.75) is 38.5 Å². The Balaban J connectivity index is 2.15. The van der Waals surface area contributed by atoms with Gasteiger partial charge >= 0.3 is 0 Å². The fourth-order valence-corrected chi connectivity index (χ4v) is 2.70. The predicted molar refractivity (Wildman–Crippen MR) is 48.1 cm³/mol. The molecule has 60 valence electrons. The van der Waals surface area contributed by atoms with Crippen LogP contribution < -0.4 is 0 Å². The minimum atomic E-state index is 0.800. The van der Waals surface area contributed by atoms with Crippen molar-refractivity contribution in [1.29, 1.82) is 0 Å². The average Bonchev–Trinajstić information content (AvgIpc) is 2.55. The Morgan fingerprint density at radius 3 is 2.73 bits per heavy atom. The van der Waals surface area contributed by atoms with Crippen LogP contribution in [0, 0.1) is 6.92 Å². The molecule has 0 bridgehead atoms. The summed E-state index contributed by atoms with van der Waals surface area (Å²) in [6, 6.07) is 0. The van der Waals surface area contributed by atoms with Gasteiger partial charge in [0.05, 0.1) is 5.01 Å². The molecular formula is C9H13NS. The first-order valence-corrected chi connectivity index (χ1v) is 5.16. The molecule has 2 heteroatoms. The molecule has 11 heavy (non-hydrogen) atoms. The zero-order valence-corrected chi connectivity index (χ0v) is 7.66. The number of aryl methyl sites for hydroxylation is 1. The normalized spacial score (nSPS) is 19.4. The maximum absolute atomic E-state index is 4.51. The highest BCUT2D eigenvalue weighted by molar-refractivity contribution is 7.09. The van der Waals surface area contributed by atoms with Crippen molar-refractivity contribution in [1.82, 2.24) is 4.98 Å². The molecule has 0 aromatic carbocycles. The first-order valence-electron chi connectivity index (χ1n) is 4.28. The monoisotopic (exact) mass is 167 g/mol. The van der Waals surface area contributed by atoms with Gasteiger partial charge in [0.25, 0.3) is 0 Å². The molecule has 1 heterocycles.